The van der Waals surface area contributed by atoms with Crippen molar-refractivity contribution in [2.45, 2.75) is 6.92 Å². The molecular formula is C17H17N3O. The lowest BCUT2D eigenvalue weighted by molar-refractivity contribution is 0.0992. The number of nitrogens with one attached hydrogen (secondary N) is 1. The predicted molar refractivity (Wildman–Crippen MR) is 84.6 cm³/mol. The summed E-state index contributed by atoms with van der Waals surface area (Å²) in [6, 6.07) is 14.8. The van der Waals surface area contributed by atoms with E-state index in [0.717, 1.165) is 11.3 Å². The molecule has 0 aliphatic heterocycles. The number of nitrogens with zero attached hydrogens (tertiary/aromatic N) is 2. The van der Waals surface area contributed by atoms with Gasteiger partial charge in [-0.25, -0.2) is 0 Å². The molecule has 0 spiro atoms. The van der Waals surface area contributed by atoms with Crippen molar-refractivity contribution in [2.75, 3.05) is 24.3 Å². The van der Waals surface area contributed by atoms with E-state index in [-0.39, 0.29) is 5.91 Å². The average molecular weight is 279 g/mol. The van der Waals surface area contributed by atoms with E-state index in [9.17, 15) is 4.79 Å². The number of benzene rings is 2. The lowest BCUT2D eigenvalue weighted by atomic mass is 10.1. The third-order valence-corrected chi connectivity index (χ3v) is 3.44. The monoisotopic (exact) mass is 279 g/mol. The van der Waals surface area contributed by atoms with Gasteiger partial charge in [0.15, 0.2) is 0 Å². The van der Waals surface area contributed by atoms with E-state index in [0.29, 0.717) is 16.8 Å². The number of hydrogen-bond donors (Lipinski definition) is 1. The van der Waals surface area contributed by atoms with Crippen LogP contribution < -0.4 is 10.2 Å². The molecule has 4 heteroatoms. The highest BCUT2D eigenvalue weighted by atomic mass is 16.2. The molecule has 0 heterocycles. The fraction of sp³-hybridized carbons (Fsp3) is 0.176. The van der Waals surface area contributed by atoms with Crippen LogP contribution in [0.4, 0.5) is 11.4 Å². The highest BCUT2D eigenvalue weighted by molar-refractivity contribution is 6.07. The number of rotatable bonds is 3. The summed E-state index contributed by atoms with van der Waals surface area (Å²) in [6.07, 6.45) is 0. The molecule has 0 saturated heterocycles. The van der Waals surface area contributed by atoms with E-state index < -0.39 is 0 Å². The molecule has 0 saturated carbocycles. The summed E-state index contributed by atoms with van der Waals surface area (Å²) in [5, 5.41) is 12.2. The summed E-state index contributed by atoms with van der Waals surface area (Å²) < 4.78 is 0. The molecule has 0 unspecified atom stereocenters. The van der Waals surface area contributed by atoms with Crippen molar-refractivity contribution in [3.8, 4) is 6.07 Å². The third-order valence-electron chi connectivity index (χ3n) is 3.44. The van der Waals surface area contributed by atoms with Crippen LogP contribution in [0.2, 0.25) is 0 Å². The molecule has 0 radical (unpaired) electrons. The maximum Gasteiger partial charge on any atom is 0.258 e. The van der Waals surface area contributed by atoms with Crippen LogP contribution in [0.25, 0.3) is 0 Å². The van der Waals surface area contributed by atoms with E-state index in [1.807, 2.05) is 32.2 Å². The number of carbonyl (C=O) groups excluding carboxylic acids is 1. The Bertz CT molecular complexity index is 716. The number of aryl methyl sites for hydroxylation is 1. The fourth-order valence-corrected chi connectivity index (χ4v) is 2.21. The molecule has 1 amide bonds. The average Bonchev–Trinajstić information content (AvgIpc) is 2.53. The lowest BCUT2D eigenvalue weighted by Gasteiger charge is -2.20. The van der Waals surface area contributed by atoms with Gasteiger partial charge in [0.25, 0.3) is 5.91 Å². The largest absolute Gasteiger partial charge is 0.388 e. The molecule has 0 aliphatic rings. The quantitative estimate of drug-likeness (QED) is 0.938. The first-order chi connectivity index (χ1) is 10.1. The second kappa shape index (κ2) is 6.10. The van der Waals surface area contributed by atoms with E-state index in [2.05, 4.69) is 11.4 Å². The zero-order valence-corrected chi connectivity index (χ0v) is 12.3. The van der Waals surface area contributed by atoms with E-state index in [1.54, 1.807) is 31.3 Å². The standard InChI is InChI=1S/C17H17N3O/c1-12-10-14(19-2)8-9-15(12)17(21)20(3)16-7-5-4-6-13(16)11-18/h4-10,19H,1-3H3. The first-order valence-corrected chi connectivity index (χ1v) is 6.64. The number of amides is 1. The zero-order chi connectivity index (χ0) is 15.4. The first kappa shape index (κ1) is 14.6. The topological polar surface area (TPSA) is 56.1 Å². The van der Waals surface area contributed by atoms with Crippen LogP contribution >= 0.6 is 0 Å². The van der Waals surface area contributed by atoms with Gasteiger partial charge in [-0.05, 0) is 42.8 Å². The molecular weight excluding hydrogens is 262 g/mol. The number of nitriles is 1. The smallest absolute Gasteiger partial charge is 0.258 e. The molecule has 106 valence electrons. The maximum absolute atomic E-state index is 12.6. The Hall–Kier alpha value is -2.80. The minimum absolute atomic E-state index is 0.127. The molecule has 2 aromatic carbocycles. The fourth-order valence-electron chi connectivity index (χ4n) is 2.21. The normalized spacial score (nSPS) is 9.81. The van der Waals surface area contributed by atoms with Crippen LogP contribution in [0, 0.1) is 18.3 Å². The van der Waals surface area contributed by atoms with Crippen LogP contribution in [0.3, 0.4) is 0 Å². The number of anilines is 2. The van der Waals surface area contributed by atoms with E-state index in [1.165, 1.54) is 4.90 Å². The van der Waals surface area contributed by atoms with Crippen molar-refractivity contribution in [3.63, 3.8) is 0 Å². The van der Waals surface area contributed by atoms with Crippen LogP contribution in [0.1, 0.15) is 21.5 Å². The van der Waals surface area contributed by atoms with Gasteiger partial charge in [-0.15, -0.1) is 0 Å². The van der Waals surface area contributed by atoms with Gasteiger partial charge in [-0.2, -0.15) is 5.26 Å². The highest BCUT2D eigenvalue weighted by Gasteiger charge is 2.17. The minimum Gasteiger partial charge on any atom is -0.388 e. The molecule has 0 aromatic heterocycles. The molecule has 0 atom stereocenters. The van der Waals surface area contributed by atoms with E-state index >= 15 is 0 Å². The Labute approximate surface area is 124 Å². The van der Waals surface area contributed by atoms with Gasteiger partial charge in [0.2, 0.25) is 0 Å². The second-order valence-corrected chi connectivity index (χ2v) is 4.77. The number of para-hydroxylation sites is 1. The molecule has 2 aromatic rings. The Morgan fingerprint density at radius 2 is 1.95 bits per heavy atom. The van der Waals surface area contributed by atoms with Crippen LogP contribution in [0.5, 0.6) is 0 Å². The Balaban J connectivity index is 2.38. The first-order valence-electron chi connectivity index (χ1n) is 6.64. The van der Waals surface area contributed by atoms with Crippen molar-refractivity contribution < 1.29 is 4.79 Å². The SMILES string of the molecule is CNc1ccc(C(=O)N(C)c2ccccc2C#N)c(C)c1. The van der Waals surface area contributed by atoms with Crippen molar-refractivity contribution >= 4 is 17.3 Å². The van der Waals surface area contributed by atoms with Gasteiger partial charge in [0.1, 0.15) is 6.07 Å². The molecule has 2 rings (SSSR count). The van der Waals surface area contributed by atoms with Gasteiger partial charge < -0.3 is 10.2 Å². The lowest BCUT2D eigenvalue weighted by Crippen LogP contribution is -2.27. The summed E-state index contributed by atoms with van der Waals surface area (Å²) in [4.78, 5) is 14.1. The van der Waals surface area contributed by atoms with Crippen LogP contribution in [0.15, 0.2) is 42.5 Å². The molecule has 0 aliphatic carbocycles. The van der Waals surface area contributed by atoms with E-state index in [4.69, 9.17) is 5.26 Å². The minimum atomic E-state index is -0.127. The molecule has 1 N–H and O–H groups in total. The van der Waals surface area contributed by atoms with Gasteiger partial charge in [-0.1, -0.05) is 12.1 Å². The van der Waals surface area contributed by atoms with Crippen LogP contribution in [-0.2, 0) is 0 Å². The van der Waals surface area contributed by atoms with Gasteiger partial charge in [0, 0.05) is 25.3 Å². The molecule has 21 heavy (non-hydrogen) atoms. The Morgan fingerprint density at radius 3 is 2.57 bits per heavy atom. The number of carbonyl (C=O) groups is 1. The Morgan fingerprint density at radius 1 is 1.24 bits per heavy atom. The van der Waals surface area contributed by atoms with Gasteiger partial charge >= 0.3 is 0 Å². The molecule has 4 nitrogen and oxygen atoms in total. The molecule has 0 bridgehead atoms. The van der Waals surface area contributed by atoms with Gasteiger partial charge in [-0.3, -0.25) is 4.79 Å². The van der Waals surface area contributed by atoms with Crippen molar-refractivity contribution in [1.82, 2.24) is 0 Å². The maximum atomic E-state index is 12.6. The highest BCUT2D eigenvalue weighted by Crippen LogP contribution is 2.22. The second-order valence-electron chi connectivity index (χ2n) is 4.77. The van der Waals surface area contributed by atoms with Crippen molar-refractivity contribution in [3.05, 3.63) is 59.2 Å². The van der Waals surface area contributed by atoms with Crippen LogP contribution in [-0.4, -0.2) is 20.0 Å². The zero-order valence-electron chi connectivity index (χ0n) is 12.3. The number of hydrogen-bond acceptors (Lipinski definition) is 3. The summed E-state index contributed by atoms with van der Waals surface area (Å²) in [6.45, 7) is 1.90. The third kappa shape index (κ3) is 2.87. The summed E-state index contributed by atoms with van der Waals surface area (Å²) in [5.74, 6) is -0.127. The summed E-state index contributed by atoms with van der Waals surface area (Å²) in [7, 11) is 3.52. The summed E-state index contributed by atoms with van der Waals surface area (Å²) in [5.41, 5.74) is 3.58. The predicted octanol–water partition coefficient (Wildman–Crippen LogP) is 3.19. The van der Waals surface area contributed by atoms with Crippen molar-refractivity contribution in [2.24, 2.45) is 0 Å². The Kier molecular flexibility index (Phi) is 4.24. The van der Waals surface area contributed by atoms with Crippen molar-refractivity contribution in [1.29, 1.82) is 5.26 Å². The van der Waals surface area contributed by atoms with Gasteiger partial charge in [0.05, 0.1) is 11.3 Å². The molecule has 0 fully saturated rings. The summed E-state index contributed by atoms with van der Waals surface area (Å²) >= 11 is 0.